The first-order chi connectivity index (χ1) is 8.88. The number of likely N-dealkylation sites (tertiary alicyclic amines) is 1. The summed E-state index contributed by atoms with van der Waals surface area (Å²) < 4.78 is 35.8. The lowest BCUT2D eigenvalue weighted by Crippen LogP contribution is -2.29. The van der Waals surface area contributed by atoms with Crippen molar-refractivity contribution >= 4 is 25.6 Å². The molecule has 7 heteroatoms. The van der Waals surface area contributed by atoms with E-state index in [9.17, 15) is 17.6 Å². The van der Waals surface area contributed by atoms with Gasteiger partial charge in [0.05, 0.1) is 0 Å². The summed E-state index contributed by atoms with van der Waals surface area (Å²) in [5.41, 5.74) is 0.507. The third-order valence-electron chi connectivity index (χ3n) is 3.19. The van der Waals surface area contributed by atoms with Crippen molar-refractivity contribution in [1.29, 1.82) is 0 Å². The van der Waals surface area contributed by atoms with Gasteiger partial charge in [0, 0.05) is 30.2 Å². The van der Waals surface area contributed by atoms with E-state index in [-0.39, 0.29) is 24.7 Å². The van der Waals surface area contributed by atoms with Gasteiger partial charge in [-0.25, -0.2) is 12.8 Å². The zero-order chi connectivity index (χ0) is 14.0. The van der Waals surface area contributed by atoms with Crippen LogP contribution in [0.5, 0.6) is 0 Å². The molecule has 104 valence electrons. The van der Waals surface area contributed by atoms with E-state index in [2.05, 4.69) is 0 Å². The van der Waals surface area contributed by atoms with Crippen LogP contribution in [0.2, 0.25) is 0 Å². The van der Waals surface area contributed by atoms with Crippen molar-refractivity contribution in [3.8, 4) is 0 Å². The fourth-order valence-electron chi connectivity index (χ4n) is 2.10. The van der Waals surface area contributed by atoms with Crippen molar-refractivity contribution in [2.24, 2.45) is 0 Å². The second kappa shape index (κ2) is 5.46. The molecule has 0 radical (unpaired) electrons. The Hall–Kier alpha value is -1.14. The molecule has 0 N–H and O–H groups in total. The van der Waals surface area contributed by atoms with Crippen molar-refractivity contribution in [1.82, 2.24) is 4.90 Å². The van der Waals surface area contributed by atoms with Crippen molar-refractivity contribution < 1.29 is 17.6 Å². The van der Waals surface area contributed by atoms with Crippen LogP contribution < -0.4 is 0 Å². The van der Waals surface area contributed by atoms with E-state index < -0.39 is 14.3 Å². The number of nitrogens with zero attached hydrogens (tertiary/aromatic N) is 1. The molecule has 1 fully saturated rings. The number of hydrogen-bond acceptors (Lipinski definition) is 3. The van der Waals surface area contributed by atoms with Gasteiger partial charge in [0.1, 0.15) is 11.1 Å². The van der Waals surface area contributed by atoms with Crippen LogP contribution in [0.15, 0.2) is 24.3 Å². The maximum atomic E-state index is 13.4. The number of amides is 1. The summed E-state index contributed by atoms with van der Waals surface area (Å²) in [6.45, 7) is 0.377. The van der Waals surface area contributed by atoms with Crippen LogP contribution in [-0.4, -0.2) is 37.6 Å². The third kappa shape index (κ3) is 3.45. The second-order valence-electron chi connectivity index (χ2n) is 4.48. The van der Waals surface area contributed by atoms with E-state index in [0.717, 1.165) is 0 Å². The highest BCUT2D eigenvalue weighted by Crippen LogP contribution is 2.21. The van der Waals surface area contributed by atoms with E-state index in [4.69, 9.17) is 10.7 Å². The summed E-state index contributed by atoms with van der Waals surface area (Å²) in [6.07, 6.45) is 0.260. The fraction of sp³-hybridized carbons (Fsp3) is 0.417. The highest BCUT2D eigenvalue weighted by atomic mass is 35.7. The van der Waals surface area contributed by atoms with Gasteiger partial charge in [-0.15, -0.1) is 0 Å². The minimum atomic E-state index is -3.72. The predicted molar refractivity (Wildman–Crippen MR) is 69.9 cm³/mol. The summed E-state index contributed by atoms with van der Waals surface area (Å²) in [5.74, 6) is -0.582. The van der Waals surface area contributed by atoms with Crippen LogP contribution in [0.25, 0.3) is 0 Å². The molecule has 2 rings (SSSR count). The lowest BCUT2D eigenvalue weighted by atomic mass is 10.1. The first kappa shape index (κ1) is 14.3. The third-order valence-corrected chi connectivity index (χ3v) is 5.05. The van der Waals surface area contributed by atoms with Crippen molar-refractivity contribution in [2.75, 3.05) is 13.1 Å². The molecule has 1 saturated heterocycles. The molecule has 1 aromatic rings. The Morgan fingerprint density at radius 2 is 2.05 bits per heavy atom. The zero-order valence-corrected chi connectivity index (χ0v) is 11.6. The van der Waals surface area contributed by atoms with Gasteiger partial charge in [-0.2, -0.15) is 0 Å². The molecule has 1 aromatic carbocycles. The summed E-state index contributed by atoms with van der Waals surface area (Å²) in [5, 5.41) is -0.859. The highest BCUT2D eigenvalue weighted by molar-refractivity contribution is 8.14. The molecule has 1 aliphatic heterocycles. The molecule has 0 saturated carbocycles. The Morgan fingerprint density at radius 3 is 2.63 bits per heavy atom. The number of hydrogen-bond donors (Lipinski definition) is 0. The van der Waals surface area contributed by atoms with E-state index in [0.29, 0.717) is 18.5 Å². The molecule has 4 nitrogen and oxygen atoms in total. The van der Waals surface area contributed by atoms with Crippen LogP contribution in [-0.2, 0) is 20.3 Å². The zero-order valence-electron chi connectivity index (χ0n) is 10.1. The van der Waals surface area contributed by atoms with E-state index in [1.807, 2.05) is 0 Å². The van der Waals surface area contributed by atoms with E-state index >= 15 is 0 Å². The number of carbonyl (C=O) groups excluding carboxylic acids is 1. The fourth-order valence-corrected chi connectivity index (χ4v) is 3.15. The highest BCUT2D eigenvalue weighted by Gasteiger charge is 2.36. The average Bonchev–Trinajstić information content (AvgIpc) is 2.70. The SMILES string of the molecule is O=C1CC(S(=O)(=O)Cl)CN1CCc1ccccc1F. The molecule has 0 aromatic heterocycles. The maximum absolute atomic E-state index is 13.4. The summed E-state index contributed by atoms with van der Waals surface area (Å²) in [7, 11) is 1.52. The van der Waals surface area contributed by atoms with E-state index in [1.165, 1.54) is 11.0 Å². The van der Waals surface area contributed by atoms with Crippen LogP contribution in [0.4, 0.5) is 4.39 Å². The van der Waals surface area contributed by atoms with Gasteiger partial charge in [-0.3, -0.25) is 4.79 Å². The molecular formula is C12H13ClFNO3S. The van der Waals surface area contributed by atoms with Crippen molar-refractivity contribution in [3.05, 3.63) is 35.6 Å². The molecule has 19 heavy (non-hydrogen) atoms. The normalized spacial score (nSPS) is 20.0. The minimum absolute atomic E-state index is 0.0825. The minimum Gasteiger partial charge on any atom is -0.341 e. The molecule has 1 amide bonds. The molecule has 1 unspecified atom stereocenters. The summed E-state index contributed by atoms with van der Waals surface area (Å²) in [4.78, 5) is 13.1. The van der Waals surface area contributed by atoms with Gasteiger partial charge in [0.2, 0.25) is 15.0 Å². The largest absolute Gasteiger partial charge is 0.341 e. The van der Waals surface area contributed by atoms with E-state index in [1.54, 1.807) is 18.2 Å². The Morgan fingerprint density at radius 1 is 1.37 bits per heavy atom. The van der Waals surface area contributed by atoms with Gasteiger partial charge >= 0.3 is 0 Å². The molecule has 0 bridgehead atoms. The van der Waals surface area contributed by atoms with Gasteiger partial charge in [0.25, 0.3) is 0 Å². The maximum Gasteiger partial charge on any atom is 0.237 e. The van der Waals surface area contributed by atoms with Crippen LogP contribution in [0, 0.1) is 5.82 Å². The lowest BCUT2D eigenvalue weighted by molar-refractivity contribution is -0.127. The Balaban J connectivity index is 1.98. The number of halogens is 2. The molecule has 1 heterocycles. The lowest BCUT2D eigenvalue weighted by Gasteiger charge is -2.16. The summed E-state index contributed by atoms with van der Waals surface area (Å²) in [6, 6.07) is 6.31. The quantitative estimate of drug-likeness (QED) is 0.793. The molecule has 0 spiro atoms. The van der Waals surface area contributed by atoms with Crippen LogP contribution in [0.1, 0.15) is 12.0 Å². The molecular weight excluding hydrogens is 293 g/mol. The van der Waals surface area contributed by atoms with Gasteiger partial charge in [-0.1, -0.05) is 18.2 Å². The van der Waals surface area contributed by atoms with Crippen molar-refractivity contribution in [2.45, 2.75) is 18.1 Å². The second-order valence-corrected chi connectivity index (χ2v) is 7.39. The molecule has 1 aliphatic rings. The Kier molecular flexibility index (Phi) is 4.10. The van der Waals surface area contributed by atoms with Gasteiger partial charge in [-0.05, 0) is 18.1 Å². The molecule has 1 atom stereocenters. The van der Waals surface area contributed by atoms with Gasteiger partial charge in [0.15, 0.2) is 0 Å². The summed E-state index contributed by atoms with van der Waals surface area (Å²) >= 11 is 0. The predicted octanol–water partition coefficient (Wildman–Crippen LogP) is 1.54. The molecule has 0 aliphatic carbocycles. The first-order valence-corrected chi connectivity index (χ1v) is 8.20. The van der Waals surface area contributed by atoms with Crippen molar-refractivity contribution in [3.63, 3.8) is 0 Å². The standard InChI is InChI=1S/C12H13ClFNO3S/c13-19(17,18)10-7-12(16)15(8-10)6-5-9-3-1-2-4-11(9)14/h1-4,10H,5-8H2. The van der Waals surface area contributed by atoms with Crippen LogP contribution >= 0.6 is 10.7 Å². The average molecular weight is 306 g/mol. The smallest absolute Gasteiger partial charge is 0.237 e. The monoisotopic (exact) mass is 305 g/mol. The Bertz CT molecular complexity index is 590. The van der Waals surface area contributed by atoms with Crippen LogP contribution in [0.3, 0.4) is 0 Å². The topological polar surface area (TPSA) is 54.5 Å². The number of rotatable bonds is 4. The Labute approximate surface area is 115 Å². The number of benzene rings is 1. The number of carbonyl (C=O) groups is 1. The first-order valence-electron chi connectivity index (χ1n) is 5.82. The van der Waals surface area contributed by atoms with Gasteiger partial charge < -0.3 is 4.90 Å².